The molecule has 0 saturated carbocycles. The highest BCUT2D eigenvalue weighted by Gasteiger charge is 2.11. The van der Waals surface area contributed by atoms with E-state index < -0.39 is 0 Å². The summed E-state index contributed by atoms with van der Waals surface area (Å²) in [6.45, 7) is 7.95. The standard InChI is InChI=1S/C10H12/c1-4-5-10-8(2)6-7-9(10)3/h2,6-7H2,1,3H3. The molecule has 1 rings (SSSR count). The summed E-state index contributed by atoms with van der Waals surface area (Å²) in [5, 5.41) is 0. The fraction of sp³-hybridized carbons (Fsp3) is 0.400. The lowest BCUT2D eigenvalue weighted by molar-refractivity contribution is 1.01. The van der Waals surface area contributed by atoms with Gasteiger partial charge in [-0.2, -0.15) is 0 Å². The smallest absolute Gasteiger partial charge is 0.0260 e. The zero-order valence-corrected chi connectivity index (χ0v) is 6.62. The zero-order valence-electron chi connectivity index (χ0n) is 6.62. The van der Waals surface area contributed by atoms with Gasteiger partial charge >= 0.3 is 0 Å². The molecule has 0 fully saturated rings. The third-order valence-electron chi connectivity index (χ3n) is 1.83. The second kappa shape index (κ2) is 2.75. The molecule has 0 saturated heterocycles. The molecule has 0 aliphatic heterocycles. The lowest BCUT2D eigenvalue weighted by Gasteiger charge is -1.91. The molecule has 1 aliphatic carbocycles. The summed E-state index contributed by atoms with van der Waals surface area (Å²) in [7, 11) is 0. The Bertz CT molecular complexity index is 243. The maximum atomic E-state index is 3.94. The van der Waals surface area contributed by atoms with Crippen LogP contribution in [0, 0.1) is 11.8 Å². The molecule has 0 aromatic carbocycles. The maximum absolute atomic E-state index is 3.94. The summed E-state index contributed by atoms with van der Waals surface area (Å²) in [6, 6.07) is 0. The Morgan fingerprint density at radius 2 is 2.10 bits per heavy atom. The van der Waals surface area contributed by atoms with Gasteiger partial charge in [0.05, 0.1) is 0 Å². The summed E-state index contributed by atoms with van der Waals surface area (Å²) in [5.74, 6) is 5.98. The van der Waals surface area contributed by atoms with Gasteiger partial charge in [0, 0.05) is 5.57 Å². The predicted octanol–water partition coefficient (Wildman–Crippen LogP) is 2.68. The molecule has 1 aliphatic rings. The van der Waals surface area contributed by atoms with Crippen LogP contribution >= 0.6 is 0 Å². The second-order valence-corrected chi connectivity index (χ2v) is 2.63. The van der Waals surface area contributed by atoms with Gasteiger partial charge < -0.3 is 0 Å². The Labute approximate surface area is 62.6 Å². The van der Waals surface area contributed by atoms with Crippen LogP contribution in [0.1, 0.15) is 26.7 Å². The summed E-state index contributed by atoms with van der Waals surface area (Å²) in [6.07, 6.45) is 2.26. The van der Waals surface area contributed by atoms with Crippen LogP contribution in [0.5, 0.6) is 0 Å². The molecule has 0 amide bonds. The zero-order chi connectivity index (χ0) is 7.56. The van der Waals surface area contributed by atoms with Crippen molar-refractivity contribution in [2.45, 2.75) is 26.7 Å². The molecular formula is C10H12. The first-order chi connectivity index (χ1) is 4.75. The molecule has 0 N–H and O–H groups in total. The summed E-state index contributed by atoms with van der Waals surface area (Å²) < 4.78 is 0. The van der Waals surface area contributed by atoms with Gasteiger partial charge in [0.15, 0.2) is 0 Å². The van der Waals surface area contributed by atoms with Gasteiger partial charge in [-0.25, -0.2) is 0 Å². The van der Waals surface area contributed by atoms with Crippen LogP contribution in [0.25, 0.3) is 0 Å². The largest absolute Gasteiger partial charge is 0.101 e. The average Bonchev–Trinajstić information content (AvgIpc) is 2.20. The minimum Gasteiger partial charge on any atom is -0.101 e. The molecule has 0 unspecified atom stereocenters. The van der Waals surface area contributed by atoms with Gasteiger partial charge in [-0.1, -0.05) is 18.1 Å². The first kappa shape index (κ1) is 7.15. The van der Waals surface area contributed by atoms with Crippen molar-refractivity contribution < 1.29 is 0 Å². The molecule has 0 heterocycles. The highest BCUT2D eigenvalue weighted by atomic mass is 14.2. The fourth-order valence-corrected chi connectivity index (χ4v) is 1.21. The molecule has 0 radical (unpaired) electrons. The van der Waals surface area contributed by atoms with E-state index in [1.807, 2.05) is 6.92 Å². The van der Waals surface area contributed by atoms with E-state index in [9.17, 15) is 0 Å². The molecule has 0 aromatic heterocycles. The SMILES string of the molecule is C=C1CCC(C)=C1C#CC. The van der Waals surface area contributed by atoms with Gasteiger partial charge in [-0.15, -0.1) is 5.92 Å². The van der Waals surface area contributed by atoms with Gasteiger partial charge in [0.2, 0.25) is 0 Å². The quantitative estimate of drug-likeness (QED) is 0.444. The van der Waals surface area contributed by atoms with Crippen LogP contribution in [-0.4, -0.2) is 0 Å². The minimum atomic E-state index is 1.11. The number of hydrogen-bond acceptors (Lipinski definition) is 0. The third kappa shape index (κ3) is 1.14. The molecular weight excluding hydrogens is 120 g/mol. The monoisotopic (exact) mass is 132 g/mol. The first-order valence-corrected chi connectivity index (χ1v) is 3.56. The van der Waals surface area contributed by atoms with E-state index in [1.54, 1.807) is 0 Å². The van der Waals surface area contributed by atoms with E-state index >= 15 is 0 Å². The van der Waals surface area contributed by atoms with Crippen LogP contribution in [0.2, 0.25) is 0 Å². The van der Waals surface area contributed by atoms with Gasteiger partial charge in [-0.05, 0) is 32.3 Å². The predicted molar refractivity (Wildman–Crippen MR) is 44.5 cm³/mol. The Kier molecular flexibility index (Phi) is 1.97. The average molecular weight is 132 g/mol. The Hall–Kier alpha value is -0.960. The summed E-state index contributed by atoms with van der Waals surface area (Å²) in [5.41, 5.74) is 3.81. The van der Waals surface area contributed by atoms with E-state index in [4.69, 9.17) is 0 Å². The maximum Gasteiger partial charge on any atom is 0.0260 e. The third-order valence-corrected chi connectivity index (χ3v) is 1.83. The number of rotatable bonds is 0. The fourth-order valence-electron chi connectivity index (χ4n) is 1.21. The Morgan fingerprint density at radius 1 is 1.40 bits per heavy atom. The van der Waals surface area contributed by atoms with Crippen LogP contribution in [-0.2, 0) is 0 Å². The Morgan fingerprint density at radius 3 is 2.50 bits per heavy atom. The van der Waals surface area contributed by atoms with Gasteiger partial charge in [-0.3, -0.25) is 0 Å². The van der Waals surface area contributed by atoms with Crippen LogP contribution < -0.4 is 0 Å². The normalized spacial score (nSPS) is 17.2. The van der Waals surface area contributed by atoms with E-state index in [2.05, 4.69) is 25.3 Å². The molecule has 10 heavy (non-hydrogen) atoms. The van der Waals surface area contributed by atoms with E-state index in [0.717, 1.165) is 12.8 Å². The van der Waals surface area contributed by atoms with E-state index in [1.165, 1.54) is 16.7 Å². The lowest BCUT2D eigenvalue weighted by atomic mass is 10.1. The molecule has 0 bridgehead atoms. The van der Waals surface area contributed by atoms with Crippen LogP contribution in [0.3, 0.4) is 0 Å². The second-order valence-electron chi connectivity index (χ2n) is 2.63. The topological polar surface area (TPSA) is 0 Å². The van der Waals surface area contributed by atoms with E-state index in [-0.39, 0.29) is 0 Å². The van der Waals surface area contributed by atoms with Gasteiger partial charge in [0.25, 0.3) is 0 Å². The van der Waals surface area contributed by atoms with Crippen molar-refractivity contribution in [3.63, 3.8) is 0 Å². The van der Waals surface area contributed by atoms with Crippen molar-refractivity contribution in [1.29, 1.82) is 0 Å². The summed E-state index contributed by atoms with van der Waals surface area (Å²) in [4.78, 5) is 0. The molecule has 0 aromatic rings. The van der Waals surface area contributed by atoms with Crippen LogP contribution in [0.4, 0.5) is 0 Å². The molecule has 52 valence electrons. The van der Waals surface area contributed by atoms with Crippen molar-refractivity contribution in [3.05, 3.63) is 23.3 Å². The van der Waals surface area contributed by atoms with Crippen LogP contribution in [0.15, 0.2) is 23.3 Å². The first-order valence-electron chi connectivity index (χ1n) is 3.56. The van der Waals surface area contributed by atoms with Crippen molar-refractivity contribution in [2.75, 3.05) is 0 Å². The number of allylic oxidation sites excluding steroid dienone is 3. The highest BCUT2D eigenvalue weighted by Crippen LogP contribution is 2.28. The van der Waals surface area contributed by atoms with Crippen molar-refractivity contribution in [1.82, 2.24) is 0 Å². The Balaban J connectivity index is 2.96. The molecule has 0 atom stereocenters. The van der Waals surface area contributed by atoms with E-state index in [0.29, 0.717) is 0 Å². The minimum absolute atomic E-state index is 1.11. The van der Waals surface area contributed by atoms with Gasteiger partial charge in [0.1, 0.15) is 0 Å². The van der Waals surface area contributed by atoms with Crippen molar-refractivity contribution in [2.24, 2.45) is 0 Å². The molecule has 0 heteroatoms. The van der Waals surface area contributed by atoms with Crippen molar-refractivity contribution >= 4 is 0 Å². The number of hydrogen-bond donors (Lipinski definition) is 0. The molecule has 0 nitrogen and oxygen atoms in total. The van der Waals surface area contributed by atoms with Crippen molar-refractivity contribution in [3.8, 4) is 11.8 Å². The molecule has 0 spiro atoms. The lowest BCUT2D eigenvalue weighted by Crippen LogP contribution is -1.76. The summed E-state index contributed by atoms with van der Waals surface area (Å²) >= 11 is 0. The highest BCUT2D eigenvalue weighted by molar-refractivity contribution is 5.50.